The van der Waals surface area contributed by atoms with E-state index in [0.717, 1.165) is 75.6 Å². The quantitative estimate of drug-likeness (QED) is 0.164. The first-order valence-corrected chi connectivity index (χ1v) is 20.3. The number of allylic oxidation sites excluding steroid dienone is 2. The van der Waals surface area contributed by atoms with Gasteiger partial charge in [0, 0.05) is 11.8 Å². The maximum absolute atomic E-state index is 5.77. The van der Waals surface area contributed by atoms with Crippen LogP contribution >= 0.6 is 0 Å². The van der Waals surface area contributed by atoms with E-state index in [1.807, 2.05) is 0 Å². The van der Waals surface area contributed by atoms with Crippen LogP contribution in [0.5, 0.6) is 0 Å². The Morgan fingerprint density at radius 3 is 1.58 bits per heavy atom. The molecule has 0 aliphatic heterocycles. The van der Waals surface area contributed by atoms with Crippen molar-refractivity contribution in [3.8, 4) is 22.6 Å². The van der Waals surface area contributed by atoms with E-state index in [9.17, 15) is 0 Å². The molecule has 3 aromatic heterocycles. The summed E-state index contributed by atoms with van der Waals surface area (Å²) in [5, 5.41) is 0. The van der Waals surface area contributed by atoms with Gasteiger partial charge in [-0.25, -0.2) is 9.97 Å². The van der Waals surface area contributed by atoms with Crippen LogP contribution in [0.15, 0.2) is 66.9 Å². The number of unbranched alkanes of at least 4 members (excludes halogenated alkanes) is 2. The monoisotopic (exact) mass is 681 g/mol. The summed E-state index contributed by atoms with van der Waals surface area (Å²) in [6.07, 6.45) is 25.2. The minimum absolute atomic E-state index is 1.01. The highest BCUT2D eigenvalue weighted by atomic mass is 14.8. The lowest BCUT2D eigenvalue weighted by molar-refractivity contribution is 0.733. The molecule has 3 heterocycles. The van der Waals surface area contributed by atoms with Crippen molar-refractivity contribution in [3.05, 3.63) is 134 Å². The molecule has 52 heavy (non-hydrogen) atoms. The number of pyridine rings is 3. The molecule has 0 amide bonds. The second kappa shape index (κ2) is 14.4. The van der Waals surface area contributed by atoms with Crippen LogP contribution in [0.1, 0.15) is 132 Å². The summed E-state index contributed by atoms with van der Waals surface area (Å²) >= 11 is 0. The van der Waals surface area contributed by atoms with Crippen molar-refractivity contribution in [2.45, 2.75) is 117 Å². The molecule has 5 aromatic rings. The lowest BCUT2D eigenvalue weighted by Gasteiger charge is -2.33. The van der Waals surface area contributed by atoms with E-state index in [-0.39, 0.29) is 0 Å². The number of hydrogen-bond acceptors (Lipinski definition) is 3. The number of benzene rings is 2. The zero-order valence-corrected chi connectivity index (χ0v) is 31.2. The molecule has 4 aliphatic carbocycles. The number of aromatic nitrogens is 3. The summed E-state index contributed by atoms with van der Waals surface area (Å²) < 4.78 is 0. The molecule has 0 fully saturated rings. The molecule has 3 nitrogen and oxygen atoms in total. The maximum atomic E-state index is 5.77. The lowest BCUT2D eigenvalue weighted by Crippen LogP contribution is -2.21. The number of rotatable bonds is 8. The van der Waals surface area contributed by atoms with Gasteiger partial charge in [-0.3, -0.25) is 4.98 Å². The molecular formula is C49H51N3. The van der Waals surface area contributed by atoms with Crippen molar-refractivity contribution in [1.29, 1.82) is 0 Å². The summed E-state index contributed by atoms with van der Waals surface area (Å²) in [5.41, 5.74) is 24.7. The predicted molar refractivity (Wildman–Crippen MR) is 217 cm³/mol. The van der Waals surface area contributed by atoms with E-state index in [1.165, 1.54) is 117 Å². The molecule has 262 valence electrons. The van der Waals surface area contributed by atoms with Crippen molar-refractivity contribution in [1.82, 2.24) is 15.0 Å². The maximum Gasteiger partial charge on any atom is 0.0931 e. The third-order valence-electron chi connectivity index (χ3n) is 12.2. The van der Waals surface area contributed by atoms with Gasteiger partial charge in [-0.15, -0.1) is 0 Å². The minimum atomic E-state index is 1.01. The van der Waals surface area contributed by atoms with E-state index in [2.05, 4.69) is 92.9 Å². The Kier molecular flexibility index (Phi) is 9.21. The van der Waals surface area contributed by atoms with E-state index >= 15 is 0 Å². The Morgan fingerprint density at radius 2 is 1.00 bits per heavy atom. The molecule has 9 rings (SSSR count). The van der Waals surface area contributed by atoms with Crippen LogP contribution in [-0.4, -0.2) is 15.0 Å². The number of fused-ring (bicyclic) bond motifs is 9. The zero-order valence-electron chi connectivity index (χ0n) is 31.2. The number of nitrogens with zero attached hydrogens (tertiary/aromatic N) is 3. The molecule has 0 saturated carbocycles. The Morgan fingerprint density at radius 1 is 0.500 bits per heavy atom. The molecule has 0 unspecified atom stereocenters. The van der Waals surface area contributed by atoms with Crippen LogP contribution < -0.4 is 0 Å². The zero-order chi connectivity index (χ0) is 35.0. The van der Waals surface area contributed by atoms with Gasteiger partial charge in [0.25, 0.3) is 0 Å². The van der Waals surface area contributed by atoms with Gasteiger partial charge in [0.05, 0.1) is 28.5 Å². The van der Waals surface area contributed by atoms with E-state index in [4.69, 9.17) is 15.0 Å². The molecule has 0 atom stereocenters. The molecule has 0 N–H and O–H groups in total. The van der Waals surface area contributed by atoms with Gasteiger partial charge in [-0.2, -0.15) is 0 Å². The Bertz CT molecular complexity index is 2210. The molecule has 0 radical (unpaired) electrons. The van der Waals surface area contributed by atoms with Crippen molar-refractivity contribution in [2.75, 3.05) is 0 Å². The summed E-state index contributed by atoms with van der Waals surface area (Å²) in [6, 6.07) is 21.7. The first kappa shape index (κ1) is 33.2. The van der Waals surface area contributed by atoms with E-state index in [0.29, 0.717) is 0 Å². The van der Waals surface area contributed by atoms with Crippen LogP contribution in [0.3, 0.4) is 0 Å². The molecule has 4 aliphatic rings. The average Bonchev–Trinajstić information content (AvgIpc) is 3.19. The van der Waals surface area contributed by atoms with Crippen LogP contribution in [0.4, 0.5) is 0 Å². The van der Waals surface area contributed by atoms with Crippen LogP contribution in [0.25, 0.3) is 45.9 Å². The Hall–Kier alpha value is -4.63. The molecule has 0 saturated heterocycles. The molecule has 2 aromatic carbocycles. The van der Waals surface area contributed by atoms with Gasteiger partial charge in [-0.05, 0) is 169 Å². The smallest absolute Gasteiger partial charge is 0.0931 e. The summed E-state index contributed by atoms with van der Waals surface area (Å²) in [6.45, 7) is 4.65. The van der Waals surface area contributed by atoms with Gasteiger partial charge in [0.1, 0.15) is 0 Å². The minimum Gasteiger partial charge on any atom is -0.254 e. The predicted octanol–water partition coefficient (Wildman–Crippen LogP) is 11.8. The number of hydrogen-bond donors (Lipinski definition) is 0. The molecule has 0 bridgehead atoms. The van der Waals surface area contributed by atoms with Crippen LogP contribution in [0, 0.1) is 0 Å². The fourth-order valence-electron chi connectivity index (χ4n) is 9.72. The highest BCUT2D eigenvalue weighted by molar-refractivity contribution is 5.89. The standard InChI is InChI=1S/C49H51N3/c1-3-5-21-37-39-23-13-19-34(29-32-15-9-7-10-16-32)45(39)51-47-41(37)26-25-36-31-50-48-43(44(36)47)28-27-42-38(22-6-4-2)40-24-14-20-35(46(40)52-49(42)48)30-33-17-11-8-12-18-33/h7-12,15-18,29-31H,3-6,13-14,19-28H2,1-2H3/b34-29+,35-30+. The Balaban J connectivity index is 1.24. The summed E-state index contributed by atoms with van der Waals surface area (Å²) in [7, 11) is 0. The van der Waals surface area contributed by atoms with E-state index < -0.39 is 0 Å². The van der Waals surface area contributed by atoms with Crippen molar-refractivity contribution in [2.24, 2.45) is 0 Å². The van der Waals surface area contributed by atoms with Gasteiger partial charge in [0.2, 0.25) is 0 Å². The fraction of sp³-hybridized carbons (Fsp3) is 0.367. The van der Waals surface area contributed by atoms with Gasteiger partial charge < -0.3 is 0 Å². The average molecular weight is 682 g/mol. The van der Waals surface area contributed by atoms with Crippen LogP contribution in [0.2, 0.25) is 0 Å². The second-order valence-electron chi connectivity index (χ2n) is 15.5. The molecule has 0 spiro atoms. The SMILES string of the molecule is CCCCc1c2c(nc3c1CCc1c-3ncc3c1-c1nc4c(c(CCCC)c1CC3)CCC/C4=C\c1ccccc1)/C(=C/c1ccccc1)CCC2. The third-order valence-corrected chi connectivity index (χ3v) is 12.2. The first-order valence-electron chi connectivity index (χ1n) is 20.3. The topological polar surface area (TPSA) is 38.7 Å². The highest BCUT2D eigenvalue weighted by Crippen LogP contribution is 2.47. The van der Waals surface area contributed by atoms with Crippen molar-refractivity contribution >= 4 is 23.3 Å². The highest BCUT2D eigenvalue weighted by Gasteiger charge is 2.34. The van der Waals surface area contributed by atoms with Gasteiger partial charge in [-0.1, -0.05) is 87.4 Å². The lowest BCUT2D eigenvalue weighted by atomic mass is 9.75. The number of aryl methyl sites for hydroxylation is 1. The van der Waals surface area contributed by atoms with Crippen LogP contribution in [-0.2, 0) is 51.4 Å². The van der Waals surface area contributed by atoms with Crippen molar-refractivity contribution < 1.29 is 0 Å². The normalized spacial score (nSPS) is 17.2. The molecule has 3 heteroatoms. The van der Waals surface area contributed by atoms with E-state index in [1.54, 1.807) is 11.1 Å². The van der Waals surface area contributed by atoms with Gasteiger partial charge in [0.15, 0.2) is 0 Å². The second-order valence-corrected chi connectivity index (χ2v) is 15.5. The fourth-order valence-corrected chi connectivity index (χ4v) is 9.72. The molecular weight excluding hydrogens is 631 g/mol. The first-order chi connectivity index (χ1) is 25.7. The van der Waals surface area contributed by atoms with Crippen molar-refractivity contribution in [3.63, 3.8) is 0 Å². The third kappa shape index (κ3) is 5.96. The van der Waals surface area contributed by atoms with Gasteiger partial charge >= 0.3 is 0 Å². The Labute approximate surface area is 310 Å². The summed E-state index contributed by atoms with van der Waals surface area (Å²) in [5.74, 6) is 0. The largest absolute Gasteiger partial charge is 0.254 e. The summed E-state index contributed by atoms with van der Waals surface area (Å²) in [4.78, 5) is 16.8.